The molecule has 0 fully saturated rings. The molecule has 8 heteroatoms. The van der Waals surface area contributed by atoms with Gasteiger partial charge in [-0.25, -0.2) is 9.78 Å². The van der Waals surface area contributed by atoms with Crippen LogP contribution in [-0.2, 0) is 12.7 Å². The van der Waals surface area contributed by atoms with Gasteiger partial charge in [-0.1, -0.05) is 6.07 Å². The molecule has 0 aliphatic heterocycles. The van der Waals surface area contributed by atoms with Crippen LogP contribution in [0.3, 0.4) is 0 Å². The van der Waals surface area contributed by atoms with Crippen LogP contribution in [0.5, 0.6) is 5.88 Å². The first-order valence-corrected chi connectivity index (χ1v) is 7.18. The van der Waals surface area contributed by atoms with Gasteiger partial charge in [0.25, 0.3) is 0 Å². The van der Waals surface area contributed by atoms with Gasteiger partial charge in [0.1, 0.15) is 0 Å². The monoisotopic (exact) mass is 339 g/mol. The van der Waals surface area contributed by atoms with Crippen LogP contribution in [0.2, 0.25) is 0 Å². The summed E-state index contributed by atoms with van der Waals surface area (Å²) in [6.45, 7) is 2.59. The summed E-state index contributed by atoms with van der Waals surface area (Å²) < 4.78 is 42.6. The van der Waals surface area contributed by atoms with Gasteiger partial charge >= 0.3 is 12.2 Å². The summed E-state index contributed by atoms with van der Waals surface area (Å²) >= 11 is 0. The zero-order valence-corrected chi connectivity index (χ0v) is 12.9. The number of carbonyl (C=O) groups is 1. The van der Waals surface area contributed by atoms with E-state index in [2.05, 4.69) is 15.6 Å². The lowest BCUT2D eigenvalue weighted by Gasteiger charge is -2.10. The van der Waals surface area contributed by atoms with Crippen LogP contribution in [0.1, 0.15) is 18.1 Å². The zero-order chi connectivity index (χ0) is 17.6. The van der Waals surface area contributed by atoms with E-state index in [1.165, 1.54) is 12.1 Å². The van der Waals surface area contributed by atoms with Gasteiger partial charge in [0.05, 0.1) is 12.2 Å². The normalized spacial score (nSPS) is 11.0. The number of carbonyl (C=O) groups excluding carboxylic acids is 1. The Morgan fingerprint density at radius 1 is 1.17 bits per heavy atom. The van der Waals surface area contributed by atoms with Crippen molar-refractivity contribution < 1.29 is 22.7 Å². The number of anilines is 1. The molecule has 24 heavy (non-hydrogen) atoms. The smallest absolute Gasteiger partial charge is 0.416 e. The lowest BCUT2D eigenvalue weighted by molar-refractivity contribution is -0.137. The van der Waals surface area contributed by atoms with E-state index in [1.54, 1.807) is 18.3 Å². The van der Waals surface area contributed by atoms with Crippen molar-refractivity contribution in [2.45, 2.75) is 19.6 Å². The third-order valence-corrected chi connectivity index (χ3v) is 3.01. The Hall–Kier alpha value is -2.77. The van der Waals surface area contributed by atoms with Crippen LogP contribution in [0.15, 0.2) is 42.6 Å². The van der Waals surface area contributed by atoms with Crippen molar-refractivity contribution >= 4 is 11.7 Å². The first-order valence-electron chi connectivity index (χ1n) is 7.18. The van der Waals surface area contributed by atoms with Crippen LogP contribution in [0, 0.1) is 0 Å². The van der Waals surface area contributed by atoms with E-state index in [0.29, 0.717) is 12.5 Å². The second-order valence-corrected chi connectivity index (χ2v) is 4.82. The minimum Gasteiger partial charge on any atom is -0.478 e. The summed E-state index contributed by atoms with van der Waals surface area (Å²) in [5.74, 6) is 0.496. The average molecular weight is 339 g/mol. The largest absolute Gasteiger partial charge is 0.478 e. The lowest BCUT2D eigenvalue weighted by atomic mass is 10.2. The van der Waals surface area contributed by atoms with E-state index in [0.717, 1.165) is 17.7 Å². The number of halogens is 3. The van der Waals surface area contributed by atoms with Gasteiger partial charge in [-0.05, 0) is 36.8 Å². The maximum atomic E-state index is 12.5. The molecular formula is C16H16F3N3O2. The van der Waals surface area contributed by atoms with Gasteiger partial charge in [-0.2, -0.15) is 13.2 Å². The van der Waals surface area contributed by atoms with Gasteiger partial charge < -0.3 is 15.4 Å². The van der Waals surface area contributed by atoms with Gasteiger partial charge in [-0.3, -0.25) is 0 Å². The Labute approximate surface area is 136 Å². The fourth-order valence-electron chi connectivity index (χ4n) is 1.85. The van der Waals surface area contributed by atoms with E-state index in [1.807, 2.05) is 6.92 Å². The molecule has 0 aliphatic carbocycles. The molecule has 0 saturated heterocycles. The predicted molar refractivity (Wildman–Crippen MR) is 82.7 cm³/mol. The first-order chi connectivity index (χ1) is 11.4. The summed E-state index contributed by atoms with van der Waals surface area (Å²) in [4.78, 5) is 15.8. The molecule has 0 atom stereocenters. The van der Waals surface area contributed by atoms with Crippen molar-refractivity contribution in [1.82, 2.24) is 10.3 Å². The minimum absolute atomic E-state index is 0.228. The molecule has 2 rings (SSSR count). The third kappa shape index (κ3) is 5.15. The number of amides is 2. The summed E-state index contributed by atoms with van der Waals surface area (Å²) in [6, 6.07) is 7.13. The van der Waals surface area contributed by atoms with E-state index in [4.69, 9.17) is 4.74 Å². The molecule has 1 heterocycles. The van der Waals surface area contributed by atoms with E-state index in [9.17, 15) is 18.0 Å². The highest BCUT2D eigenvalue weighted by Gasteiger charge is 2.29. The summed E-state index contributed by atoms with van der Waals surface area (Å²) in [7, 11) is 0. The maximum Gasteiger partial charge on any atom is 0.416 e. The molecule has 0 bridgehead atoms. The molecule has 2 amide bonds. The van der Waals surface area contributed by atoms with Gasteiger partial charge in [0.2, 0.25) is 5.88 Å². The number of nitrogens with zero attached hydrogens (tertiary/aromatic N) is 1. The van der Waals surface area contributed by atoms with Crippen LogP contribution in [0.4, 0.5) is 23.7 Å². The van der Waals surface area contributed by atoms with Crippen molar-refractivity contribution in [2.24, 2.45) is 0 Å². The predicted octanol–water partition coefficient (Wildman–Crippen LogP) is 3.82. The Morgan fingerprint density at radius 3 is 2.42 bits per heavy atom. The Kier molecular flexibility index (Phi) is 5.62. The summed E-state index contributed by atoms with van der Waals surface area (Å²) in [6.07, 6.45) is -2.83. The second-order valence-electron chi connectivity index (χ2n) is 4.82. The quantitative estimate of drug-likeness (QED) is 0.870. The Bertz CT molecular complexity index is 670. The van der Waals surface area contributed by atoms with Crippen LogP contribution in [-0.4, -0.2) is 17.6 Å². The fraction of sp³-hybridized carbons (Fsp3) is 0.250. The summed E-state index contributed by atoms with van der Waals surface area (Å²) in [5, 5.41) is 5.05. The van der Waals surface area contributed by atoms with Crippen LogP contribution >= 0.6 is 0 Å². The van der Waals surface area contributed by atoms with Crippen LogP contribution < -0.4 is 15.4 Å². The zero-order valence-electron chi connectivity index (χ0n) is 12.9. The number of ether oxygens (including phenoxy) is 1. The Morgan fingerprint density at radius 2 is 1.88 bits per heavy atom. The van der Waals surface area contributed by atoms with E-state index >= 15 is 0 Å². The van der Waals surface area contributed by atoms with Crippen LogP contribution in [0.25, 0.3) is 0 Å². The first kappa shape index (κ1) is 17.6. The van der Waals surface area contributed by atoms with Gasteiger partial charge in [0, 0.05) is 24.5 Å². The number of benzene rings is 1. The second kappa shape index (κ2) is 7.67. The molecule has 2 aromatic rings. The average Bonchev–Trinajstić information content (AvgIpc) is 2.54. The number of urea groups is 1. The molecular weight excluding hydrogens is 323 g/mol. The number of pyridine rings is 1. The molecule has 0 saturated carbocycles. The molecule has 128 valence electrons. The van der Waals surface area contributed by atoms with Crippen molar-refractivity contribution in [2.75, 3.05) is 11.9 Å². The van der Waals surface area contributed by atoms with Crippen molar-refractivity contribution in [3.63, 3.8) is 0 Å². The lowest BCUT2D eigenvalue weighted by Crippen LogP contribution is -2.28. The third-order valence-electron chi connectivity index (χ3n) is 3.01. The number of hydrogen-bond acceptors (Lipinski definition) is 3. The molecule has 2 N–H and O–H groups in total. The molecule has 5 nitrogen and oxygen atoms in total. The molecule has 0 radical (unpaired) electrons. The van der Waals surface area contributed by atoms with Gasteiger partial charge in [0.15, 0.2) is 0 Å². The summed E-state index contributed by atoms with van der Waals surface area (Å²) in [5.41, 5.74) is 0.264. The topological polar surface area (TPSA) is 63.2 Å². The van der Waals surface area contributed by atoms with Crippen molar-refractivity contribution in [3.8, 4) is 5.88 Å². The molecule has 1 aromatic heterocycles. The number of alkyl halides is 3. The number of hydrogen-bond donors (Lipinski definition) is 2. The number of rotatable bonds is 5. The molecule has 0 aliphatic rings. The standard InChI is InChI=1S/C16H16F3N3O2/c1-2-24-14-8-3-11(9-20-14)10-21-15(23)22-13-6-4-12(5-7-13)16(17,18)19/h3-9H,2,10H2,1H3,(H2,21,22,23). The Balaban J connectivity index is 1.84. The minimum atomic E-state index is -4.40. The van der Waals surface area contributed by atoms with Gasteiger partial charge in [-0.15, -0.1) is 0 Å². The van der Waals surface area contributed by atoms with Crippen molar-refractivity contribution in [3.05, 3.63) is 53.7 Å². The number of nitrogens with one attached hydrogen (secondary N) is 2. The highest BCUT2D eigenvalue weighted by Crippen LogP contribution is 2.29. The SMILES string of the molecule is CCOc1ccc(CNC(=O)Nc2ccc(C(F)(F)F)cc2)cn1. The maximum absolute atomic E-state index is 12.5. The number of aromatic nitrogens is 1. The molecule has 0 unspecified atom stereocenters. The van der Waals surface area contributed by atoms with E-state index < -0.39 is 17.8 Å². The van der Waals surface area contributed by atoms with Crippen molar-refractivity contribution in [1.29, 1.82) is 0 Å². The highest BCUT2D eigenvalue weighted by molar-refractivity contribution is 5.89. The van der Waals surface area contributed by atoms with E-state index in [-0.39, 0.29) is 12.2 Å². The molecule has 1 aromatic carbocycles. The fourth-order valence-corrected chi connectivity index (χ4v) is 1.85. The highest BCUT2D eigenvalue weighted by atomic mass is 19.4. The molecule has 0 spiro atoms.